The average molecular weight is 345 g/mol. The highest BCUT2D eigenvalue weighted by molar-refractivity contribution is 9.10. The van der Waals surface area contributed by atoms with Crippen molar-refractivity contribution in [1.82, 2.24) is 5.32 Å². The van der Waals surface area contributed by atoms with Crippen molar-refractivity contribution in [2.75, 3.05) is 37.0 Å². The van der Waals surface area contributed by atoms with E-state index >= 15 is 0 Å². The van der Waals surface area contributed by atoms with Crippen molar-refractivity contribution in [2.24, 2.45) is 5.92 Å². The van der Waals surface area contributed by atoms with E-state index in [1.54, 1.807) is 0 Å². The zero-order chi connectivity index (χ0) is 14.3. The van der Waals surface area contributed by atoms with Gasteiger partial charge in [0, 0.05) is 36.1 Å². The molecule has 108 valence electrons. The quantitative estimate of drug-likeness (QED) is 0.767. The number of rotatable bonds is 8. The highest BCUT2D eigenvalue weighted by Crippen LogP contribution is 2.24. The number of hydrogen-bond acceptors (Lipinski definition) is 3. The van der Waals surface area contributed by atoms with Gasteiger partial charge in [0.25, 0.3) is 0 Å². The molecule has 0 fully saturated rings. The van der Waals surface area contributed by atoms with Crippen molar-refractivity contribution < 1.29 is 0 Å². The molecule has 0 aliphatic rings. The Labute approximate surface area is 130 Å². The van der Waals surface area contributed by atoms with Crippen LogP contribution in [0.2, 0.25) is 0 Å². The number of benzene rings is 1. The third-order valence-corrected chi connectivity index (χ3v) is 4.04. The molecule has 2 nitrogen and oxygen atoms in total. The molecule has 0 aromatic heterocycles. The zero-order valence-corrected chi connectivity index (χ0v) is 14.8. The maximum atomic E-state index is 3.57. The van der Waals surface area contributed by atoms with Crippen molar-refractivity contribution in [3.8, 4) is 0 Å². The third-order valence-electron chi connectivity index (χ3n) is 2.96. The average Bonchev–Trinajstić information content (AvgIpc) is 2.37. The van der Waals surface area contributed by atoms with Gasteiger partial charge in [-0.3, -0.25) is 0 Å². The van der Waals surface area contributed by atoms with E-state index in [-0.39, 0.29) is 0 Å². The Bertz CT molecular complexity index is 382. The van der Waals surface area contributed by atoms with Gasteiger partial charge in [0.1, 0.15) is 0 Å². The van der Waals surface area contributed by atoms with Crippen molar-refractivity contribution in [3.05, 3.63) is 28.2 Å². The Balaban J connectivity index is 2.73. The van der Waals surface area contributed by atoms with Crippen molar-refractivity contribution in [3.63, 3.8) is 0 Å². The predicted molar refractivity (Wildman–Crippen MR) is 92.3 cm³/mol. The molecule has 1 aromatic rings. The minimum atomic E-state index is 0.688. The summed E-state index contributed by atoms with van der Waals surface area (Å²) in [4.78, 5) is 2.34. The Hall–Kier alpha value is -0.190. The van der Waals surface area contributed by atoms with E-state index in [0.717, 1.165) is 29.9 Å². The SMILES string of the molecule is CSCCN(C)c1cc(Br)ccc1CNCC(C)C. The normalized spacial score (nSPS) is 11.1. The van der Waals surface area contributed by atoms with Gasteiger partial charge in [-0.1, -0.05) is 35.8 Å². The summed E-state index contributed by atoms with van der Waals surface area (Å²) < 4.78 is 1.14. The molecule has 0 bridgehead atoms. The second-order valence-electron chi connectivity index (χ2n) is 5.21. The molecule has 0 aliphatic carbocycles. The molecule has 0 radical (unpaired) electrons. The van der Waals surface area contributed by atoms with Crippen LogP contribution in [0.1, 0.15) is 19.4 Å². The minimum absolute atomic E-state index is 0.688. The number of halogens is 1. The molecule has 1 rings (SSSR count). The topological polar surface area (TPSA) is 15.3 Å². The molecule has 4 heteroatoms. The first-order valence-electron chi connectivity index (χ1n) is 6.73. The fourth-order valence-corrected chi connectivity index (χ4v) is 2.69. The second kappa shape index (κ2) is 8.88. The largest absolute Gasteiger partial charge is 0.373 e. The maximum Gasteiger partial charge on any atom is 0.0420 e. The molecule has 1 aromatic carbocycles. The number of nitrogens with one attached hydrogen (secondary N) is 1. The van der Waals surface area contributed by atoms with Gasteiger partial charge in [-0.05, 0) is 36.4 Å². The van der Waals surface area contributed by atoms with E-state index in [0.29, 0.717) is 5.92 Å². The van der Waals surface area contributed by atoms with Crippen LogP contribution in [-0.2, 0) is 6.54 Å². The number of nitrogens with zero attached hydrogens (tertiary/aromatic N) is 1. The molecular weight excluding hydrogens is 320 g/mol. The van der Waals surface area contributed by atoms with E-state index < -0.39 is 0 Å². The smallest absolute Gasteiger partial charge is 0.0420 e. The first kappa shape index (κ1) is 16.9. The fourth-order valence-electron chi connectivity index (χ4n) is 1.89. The molecule has 0 saturated heterocycles. The summed E-state index contributed by atoms with van der Waals surface area (Å²) in [6.07, 6.45) is 2.15. The number of thioether (sulfide) groups is 1. The molecule has 19 heavy (non-hydrogen) atoms. The van der Waals surface area contributed by atoms with Gasteiger partial charge in [0.15, 0.2) is 0 Å². The van der Waals surface area contributed by atoms with Crippen LogP contribution in [0.15, 0.2) is 22.7 Å². The van der Waals surface area contributed by atoms with Gasteiger partial charge in [-0.25, -0.2) is 0 Å². The van der Waals surface area contributed by atoms with E-state index in [9.17, 15) is 0 Å². The van der Waals surface area contributed by atoms with Gasteiger partial charge >= 0.3 is 0 Å². The predicted octanol–water partition coefficient (Wildman–Crippen LogP) is 3.99. The van der Waals surface area contributed by atoms with Crippen molar-refractivity contribution in [2.45, 2.75) is 20.4 Å². The maximum absolute atomic E-state index is 3.57. The summed E-state index contributed by atoms with van der Waals surface area (Å²) in [5, 5.41) is 3.52. The molecule has 0 saturated carbocycles. The van der Waals surface area contributed by atoms with Gasteiger partial charge in [0.05, 0.1) is 0 Å². The summed E-state index contributed by atoms with van der Waals surface area (Å²) in [7, 11) is 2.17. The molecule has 0 atom stereocenters. The summed E-state index contributed by atoms with van der Waals surface area (Å²) >= 11 is 5.46. The Kier molecular flexibility index (Phi) is 7.88. The Morgan fingerprint density at radius 1 is 1.37 bits per heavy atom. The Morgan fingerprint density at radius 3 is 2.74 bits per heavy atom. The van der Waals surface area contributed by atoms with Crippen LogP contribution >= 0.6 is 27.7 Å². The van der Waals surface area contributed by atoms with Crippen LogP contribution < -0.4 is 10.2 Å². The first-order valence-corrected chi connectivity index (χ1v) is 8.92. The summed E-state index contributed by atoms with van der Waals surface area (Å²) in [6, 6.07) is 6.55. The van der Waals surface area contributed by atoms with E-state index in [4.69, 9.17) is 0 Å². The monoisotopic (exact) mass is 344 g/mol. The molecule has 0 heterocycles. The lowest BCUT2D eigenvalue weighted by molar-refractivity contribution is 0.552. The molecule has 0 unspecified atom stereocenters. The van der Waals surface area contributed by atoms with Crippen LogP contribution in [0.3, 0.4) is 0 Å². The van der Waals surface area contributed by atoms with Crippen molar-refractivity contribution >= 4 is 33.4 Å². The fraction of sp³-hybridized carbons (Fsp3) is 0.600. The van der Waals surface area contributed by atoms with Crippen LogP contribution in [0, 0.1) is 5.92 Å². The highest BCUT2D eigenvalue weighted by Gasteiger charge is 2.08. The lowest BCUT2D eigenvalue weighted by Gasteiger charge is -2.23. The number of anilines is 1. The highest BCUT2D eigenvalue weighted by atomic mass is 79.9. The van der Waals surface area contributed by atoms with E-state index in [2.05, 4.69) is 71.5 Å². The molecule has 0 aliphatic heterocycles. The van der Waals surface area contributed by atoms with Gasteiger partial charge in [0.2, 0.25) is 0 Å². The van der Waals surface area contributed by atoms with E-state index in [1.807, 2.05) is 11.8 Å². The summed E-state index contributed by atoms with van der Waals surface area (Å²) in [5.74, 6) is 1.84. The lowest BCUT2D eigenvalue weighted by Crippen LogP contribution is -2.24. The van der Waals surface area contributed by atoms with Crippen LogP contribution in [0.5, 0.6) is 0 Å². The molecular formula is C15H25BrN2S. The lowest BCUT2D eigenvalue weighted by atomic mass is 10.1. The Morgan fingerprint density at radius 2 is 2.11 bits per heavy atom. The zero-order valence-electron chi connectivity index (χ0n) is 12.4. The van der Waals surface area contributed by atoms with Gasteiger partial charge < -0.3 is 10.2 Å². The van der Waals surface area contributed by atoms with Crippen LogP contribution in [0.4, 0.5) is 5.69 Å². The van der Waals surface area contributed by atoms with Crippen LogP contribution in [0.25, 0.3) is 0 Å². The second-order valence-corrected chi connectivity index (χ2v) is 7.11. The third kappa shape index (κ3) is 6.19. The standard InChI is InChI=1S/C15H25BrN2S/c1-12(2)10-17-11-13-5-6-14(16)9-15(13)18(3)7-8-19-4/h5-6,9,12,17H,7-8,10-11H2,1-4H3. The van der Waals surface area contributed by atoms with Crippen molar-refractivity contribution in [1.29, 1.82) is 0 Å². The minimum Gasteiger partial charge on any atom is -0.373 e. The molecule has 1 N–H and O–H groups in total. The summed E-state index contributed by atoms with van der Waals surface area (Å²) in [5.41, 5.74) is 2.69. The van der Waals surface area contributed by atoms with E-state index in [1.165, 1.54) is 11.3 Å². The summed E-state index contributed by atoms with van der Waals surface area (Å²) in [6.45, 7) is 7.55. The van der Waals surface area contributed by atoms with Crippen LogP contribution in [-0.4, -0.2) is 32.1 Å². The van der Waals surface area contributed by atoms with Gasteiger partial charge in [-0.15, -0.1) is 0 Å². The van der Waals surface area contributed by atoms with Gasteiger partial charge in [-0.2, -0.15) is 11.8 Å². The number of hydrogen-bond donors (Lipinski definition) is 1. The first-order chi connectivity index (χ1) is 9.04. The molecule has 0 amide bonds. The molecule has 0 spiro atoms.